The summed E-state index contributed by atoms with van der Waals surface area (Å²) in [4.78, 5) is 38.2. The van der Waals surface area contributed by atoms with Crippen LogP contribution >= 0.6 is 23.2 Å². The first-order valence-electron chi connectivity index (χ1n) is 10.6. The lowest BCUT2D eigenvalue weighted by atomic mass is 9.95. The molecule has 164 valence electrons. The van der Waals surface area contributed by atoms with Crippen molar-refractivity contribution in [3.63, 3.8) is 0 Å². The van der Waals surface area contributed by atoms with E-state index in [-0.39, 0.29) is 23.8 Å². The fraction of sp³-hybridized carbons (Fsp3) is 0.455. The molecule has 1 atom stereocenters. The second-order valence-electron chi connectivity index (χ2n) is 8.04. The minimum absolute atomic E-state index is 0.0287. The average Bonchev–Trinajstić information content (AvgIpc) is 2.81. The van der Waals surface area contributed by atoms with E-state index in [2.05, 4.69) is 20.2 Å². The summed E-state index contributed by atoms with van der Waals surface area (Å²) in [7, 11) is 0. The number of anilines is 1. The van der Waals surface area contributed by atoms with Crippen LogP contribution in [-0.2, 0) is 4.79 Å². The highest BCUT2D eigenvalue weighted by Crippen LogP contribution is 2.25. The Balaban J connectivity index is 1.30. The van der Waals surface area contributed by atoms with Crippen molar-refractivity contribution in [1.29, 1.82) is 0 Å². The number of carbonyl (C=O) groups excluding carboxylic acids is 2. The van der Waals surface area contributed by atoms with Gasteiger partial charge in [-0.1, -0.05) is 23.2 Å². The SMILES string of the molecule is O=C(NC1CCN(c2ncccn2)CC1)C1CCCN(C(=O)c2ccc(Cl)c(Cl)c2)C1. The molecule has 2 fully saturated rings. The highest BCUT2D eigenvalue weighted by molar-refractivity contribution is 6.42. The van der Waals surface area contributed by atoms with E-state index >= 15 is 0 Å². The monoisotopic (exact) mass is 461 g/mol. The zero-order valence-corrected chi connectivity index (χ0v) is 18.6. The molecule has 1 N–H and O–H groups in total. The molecule has 0 bridgehead atoms. The van der Waals surface area contributed by atoms with Crippen molar-refractivity contribution in [3.05, 3.63) is 52.3 Å². The number of likely N-dealkylation sites (tertiary alicyclic amines) is 1. The molecular weight excluding hydrogens is 437 g/mol. The molecule has 2 aliphatic rings. The third-order valence-corrected chi connectivity index (χ3v) is 6.66. The van der Waals surface area contributed by atoms with Crippen LogP contribution in [0.3, 0.4) is 0 Å². The maximum atomic E-state index is 12.9. The van der Waals surface area contributed by atoms with E-state index in [1.54, 1.807) is 41.6 Å². The second kappa shape index (κ2) is 9.83. The molecule has 0 radical (unpaired) electrons. The Morgan fingerprint density at radius 3 is 2.45 bits per heavy atom. The van der Waals surface area contributed by atoms with Gasteiger partial charge in [-0.25, -0.2) is 9.97 Å². The number of benzene rings is 1. The summed E-state index contributed by atoms with van der Waals surface area (Å²) in [6.45, 7) is 2.67. The topological polar surface area (TPSA) is 78.4 Å². The smallest absolute Gasteiger partial charge is 0.253 e. The van der Waals surface area contributed by atoms with Crippen LogP contribution in [0, 0.1) is 5.92 Å². The van der Waals surface area contributed by atoms with Crippen LogP contribution in [0.2, 0.25) is 10.0 Å². The van der Waals surface area contributed by atoms with Crippen molar-refractivity contribution in [3.8, 4) is 0 Å². The van der Waals surface area contributed by atoms with E-state index in [1.807, 2.05) is 0 Å². The lowest BCUT2D eigenvalue weighted by molar-refractivity contribution is -0.127. The fourth-order valence-electron chi connectivity index (χ4n) is 4.18. The molecule has 2 amide bonds. The summed E-state index contributed by atoms with van der Waals surface area (Å²) in [5.41, 5.74) is 0.492. The van der Waals surface area contributed by atoms with E-state index in [0.717, 1.165) is 44.7 Å². The van der Waals surface area contributed by atoms with Crippen LogP contribution in [-0.4, -0.2) is 58.9 Å². The molecule has 0 spiro atoms. The second-order valence-corrected chi connectivity index (χ2v) is 8.85. The molecule has 1 unspecified atom stereocenters. The molecular formula is C22H25Cl2N5O2. The highest BCUT2D eigenvalue weighted by Gasteiger charge is 2.31. The van der Waals surface area contributed by atoms with Crippen LogP contribution in [0.1, 0.15) is 36.0 Å². The predicted molar refractivity (Wildman–Crippen MR) is 120 cm³/mol. The van der Waals surface area contributed by atoms with Crippen molar-refractivity contribution in [2.75, 3.05) is 31.1 Å². The molecule has 3 heterocycles. The van der Waals surface area contributed by atoms with Crippen LogP contribution in [0.4, 0.5) is 5.95 Å². The van der Waals surface area contributed by atoms with Crippen molar-refractivity contribution in [2.24, 2.45) is 5.92 Å². The van der Waals surface area contributed by atoms with E-state index in [4.69, 9.17) is 23.2 Å². The van der Waals surface area contributed by atoms with Crippen LogP contribution < -0.4 is 10.2 Å². The van der Waals surface area contributed by atoms with Gasteiger partial charge >= 0.3 is 0 Å². The number of hydrogen-bond acceptors (Lipinski definition) is 5. The summed E-state index contributed by atoms with van der Waals surface area (Å²) in [6, 6.07) is 6.81. The minimum atomic E-state index is -0.198. The third-order valence-electron chi connectivity index (χ3n) is 5.92. The number of hydrogen-bond donors (Lipinski definition) is 1. The number of carbonyl (C=O) groups is 2. The third kappa shape index (κ3) is 5.28. The van der Waals surface area contributed by atoms with E-state index in [9.17, 15) is 9.59 Å². The van der Waals surface area contributed by atoms with Crippen molar-refractivity contribution in [2.45, 2.75) is 31.7 Å². The number of halogens is 2. The van der Waals surface area contributed by atoms with Gasteiger partial charge in [0.05, 0.1) is 16.0 Å². The van der Waals surface area contributed by atoms with Gasteiger partial charge in [-0.2, -0.15) is 0 Å². The van der Waals surface area contributed by atoms with Gasteiger partial charge in [-0.3, -0.25) is 9.59 Å². The number of piperidine rings is 2. The summed E-state index contributed by atoms with van der Waals surface area (Å²) in [5.74, 6) is 0.445. The number of nitrogens with one attached hydrogen (secondary N) is 1. The standard InChI is InChI=1S/C22H25Cl2N5O2/c23-18-5-4-15(13-19(18)24)21(31)29-10-1-3-16(14-29)20(30)27-17-6-11-28(12-7-17)22-25-8-2-9-26-22/h2,4-5,8-9,13,16-17H,1,3,6-7,10-12,14H2,(H,27,30). The summed E-state index contributed by atoms with van der Waals surface area (Å²) in [6.07, 6.45) is 6.77. The van der Waals surface area contributed by atoms with Gasteiger partial charge in [0, 0.05) is 50.2 Å². The predicted octanol–water partition coefficient (Wildman–Crippen LogP) is 3.42. The first-order valence-corrected chi connectivity index (χ1v) is 11.3. The molecule has 1 aromatic carbocycles. The van der Waals surface area contributed by atoms with Gasteiger partial charge in [0.25, 0.3) is 5.91 Å². The Morgan fingerprint density at radius 2 is 1.74 bits per heavy atom. The average molecular weight is 462 g/mol. The Kier molecular flexibility index (Phi) is 6.92. The van der Waals surface area contributed by atoms with Gasteiger partial charge in [0.2, 0.25) is 11.9 Å². The van der Waals surface area contributed by atoms with Crippen molar-refractivity contribution in [1.82, 2.24) is 20.2 Å². The molecule has 2 saturated heterocycles. The normalized spacial score (nSPS) is 19.9. The van der Waals surface area contributed by atoms with Crippen LogP contribution in [0.5, 0.6) is 0 Å². The van der Waals surface area contributed by atoms with Gasteiger partial charge in [0.1, 0.15) is 0 Å². The van der Waals surface area contributed by atoms with Crippen molar-refractivity contribution >= 4 is 41.0 Å². The van der Waals surface area contributed by atoms with Gasteiger partial charge in [0.15, 0.2) is 0 Å². The van der Waals surface area contributed by atoms with E-state index in [1.165, 1.54) is 0 Å². The quantitative estimate of drug-likeness (QED) is 0.754. The fourth-order valence-corrected chi connectivity index (χ4v) is 4.48. The zero-order chi connectivity index (χ0) is 21.8. The molecule has 0 saturated carbocycles. The highest BCUT2D eigenvalue weighted by atomic mass is 35.5. The maximum absolute atomic E-state index is 12.9. The molecule has 7 nitrogen and oxygen atoms in total. The number of aromatic nitrogens is 2. The lowest BCUT2D eigenvalue weighted by Gasteiger charge is -2.35. The summed E-state index contributed by atoms with van der Waals surface area (Å²) >= 11 is 12.0. The molecule has 0 aliphatic carbocycles. The summed E-state index contributed by atoms with van der Waals surface area (Å²) in [5, 5.41) is 3.96. The van der Waals surface area contributed by atoms with Crippen LogP contribution in [0.15, 0.2) is 36.7 Å². The van der Waals surface area contributed by atoms with Gasteiger partial charge in [-0.15, -0.1) is 0 Å². The van der Waals surface area contributed by atoms with Crippen molar-refractivity contribution < 1.29 is 9.59 Å². The van der Waals surface area contributed by atoms with Gasteiger partial charge < -0.3 is 15.1 Å². The molecule has 2 aliphatic heterocycles. The zero-order valence-electron chi connectivity index (χ0n) is 17.1. The Morgan fingerprint density at radius 1 is 1.00 bits per heavy atom. The first kappa shape index (κ1) is 21.8. The first-order chi connectivity index (χ1) is 15.0. The summed E-state index contributed by atoms with van der Waals surface area (Å²) < 4.78 is 0. The Labute approximate surface area is 191 Å². The van der Waals surface area contributed by atoms with Gasteiger partial charge in [-0.05, 0) is 49.9 Å². The molecule has 1 aromatic heterocycles. The van der Waals surface area contributed by atoms with E-state index in [0.29, 0.717) is 28.7 Å². The Hall–Kier alpha value is -2.38. The number of nitrogens with zero attached hydrogens (tertiary/aromatic N) is 4. The number of rotatable bonds is 4. The van der Waals surface area contributed by atoms with Crippen LogP contribution in [0.25, 0.3) is 0 Å². The number of amides is 2. The maximum Gasteiger partial charge on any atom is 0.253 e. The minimum Gasteiger partial charge on any atom is -0.353 e. The molecule has 31 heavy (non-hydrogen) atoms. The molecule has 2 aromatic rings. The lowest BCUT2D eigenvalue weighted by Crippen LogP contribution is -2.50. The largest absolute Gasteiger partial charge is 0.353 e. The molecule has 4 rings (SSSR count). The molecule has 9 heteroatoms. The van der Waals surface area contributed by atoms with E-state index < -0.39 is 0 Å². The Bertz CT molecular complexity index is 935.